The number of hydrogen-bond acceptors (Lipinski definition) is 5. The molecule has 1 aromatic heterocycles. The van der Waals surface area contributed by atoms with Crippen molar-refractivity contribution in [3.63, 3.8) is 0 Å². The number of nitrogens with zero attached hydrogens (tertiary/aromatic N) is 1. The number of hydrogen-bond donors (Lipinski definition) is 2. The van der Waals surface area contributed by atoms with Crippen LogP contribution in [0, 0.1) is 0 Å². The highest BCUT2D eigenvalue weighted by molar-refractivity contribution is 7.13. The third kappa shape index (κ3) is 5.85. The Bertz CT molecular complexity index is 658. The van der Waals surface area contributed by atoms with Crippen molar-refractivity contribution in [1.29, 1.82) is 0 Å². The van der Waals surface area contributed by atoms with Crippen molar-refractivity contribution in [3.05, 3.63) is 35.3 Å². The lowest BCUT2D eigenvalue weighted by atomic mass is 10.2. The first-order chi connectivity index (χ1) is 11.3. The van der Waals surface area contributed by atoms with Crippen LogP contribution in [0.3, 0.4) is 0 Å². The quantitative estimate of drug-likeness (QED) is 0.773. The van der Waals surface area contributed by atoms with Crippen LogP contribution in [-0.2, 0) is 0 Å². The van der Waals surface area contributed by atoms with Crippen LogP contribution in [0.15, 0.2) is 29.6 Å². The number of rotatable bonds is 6. The second kappa shape index (κ2) is 10.6. The van der Waals surface area contributed by atoms with Crippen molar-refractivity contribution >= 4 is 42.1 Å². The number of ether oxygens (including phenoxy) is 1. The molecule has 1 amide bonds. The molecule has 0 aliphatic carbocycles. The fraction of sp³-hybridized carbons (Fsp3) is 0.412. The van der Waals surface area contributed by atoms with Gasteiger partial charge in [-0.2, -0.15) is 0 Å². The molecule has 138 valence electrons. The van der Waals surface area contributed by atoms with Gasteiger partial charge in [-0.15, -0.1) is 36.2 Å². The van der Waals surface area contributed by atoms with E-state index in [1.807, 2.05) is 36.6 Å². The lowest BCUT2D eigenvalue weighted by Crippen LogP contribution is -2.37. The van der Waals surface area contributed by atoms with Crippen molar-refractivity contribution in [3.8, 4) is 16.3 Å². The maximum Gasteiger partial charge on any atom is 0.270 e. The smallest absolute Gasteiger partial charge is 0.270 e. The zero-order valence-electron chi connectivity index (χ0n) is 14.0. The minimum atomic E-state index is -0.105. The van der Waals surface area contributed by atoms with Crippen LogP contribution < -0.4 is 15.4 Å². The molecule has 1 saturated heterocycles. The van der Waals surface area contributed by atoms with Gasteiger partial charge in [0.2, 0.25) is 0 Å². The highest BCUT2D eigenvalue weighted by Gasteiger charge is 2.17. The Labute approximate surface area is 164 Å². The number of nitrogens with one attached hydrogen (secondary N) is 2. The Balaban J connectivity index is 0.00000156. The zero-order valence-corrected chi connectivity index (χ0v) is 16.4. The van der Waals surface area contributed by atoms with E-state index in [2.05, 4.69) is 15.6 Å². The molecule has 1 fully saturated rings. The molecule has 1 atom stereocenters. The molecule has 0 saturated carbocycles. The van der Waals surface area contributed by atoms with Gasteiger partial charge < -0.3 is 15.4 Å². The summed E-state index contributed by atoms with van der Waals surface area (Å²) in [5.41, 5.74) is 1.48. The number of amides is 1. The van der Waals surface area contributed by atoms with Crippen LogP contribution in [0.25, 0.3) is 10.6 Å². The van der Waals surface area contributed by atoms with Crippen molar-refractivity contribution in [1.82, 2.24) is 15.6 Å². The Kier molecular flexibility index (Phi) is 9.21. The minimum absolute atomic E-state index is 0. The van der Waals surface area contributed by atoms with E-state index in [9.17, 15) is 4.79 Å². The highest BCUT2D eigenvalue weighted by Crippen LogP contribution is 2.25. The molecular weight excluding hydrogens is 381 g/mol. The SMILES string of the molecule is CCOc1ccc(-c2nc(C(=O)NCC3CCCN3)cs2)cc1.Cl.Cl. The molecule has 1 aliphatic heterocycles. The molecule has 2 N–H and O–H groups in total. The molecule has 1 unspecified atom stereocenters. The number of halogens is 2. The van der Waals surface area contributed by atoms with Crippen molar-refractivity contribution < 1.29 is 9.53 Å². The van der Waals surface area contributed by atoms with E-state index in [-0.39, 0.29) is 30.7 Å². The molecule has 2 aromatic rings. The van der Waals surface area contributed by atoms with E-state index in [0.717, 1.165) is 29.3 Å². The van der Waals surface area contributed by atoms with Crippen LogP contribution in [0.1, 0.15) is 30.3 Å². The van der Waals surface area contributed by atoms with Gasteiger partial charge in [-0.1, -0.05) is 0 Å². The van der Waals surface area contributed by atoms with Crippen LogP contribution in [0.4, 0.5) is 0 Å². The zero-order chi connectivity index (χ0) is 16.1. The molecular formula is C17H23Cl2N3O2S. The third-order valence-electron chi connectivity index (χ3n) is 3.82. The Morgan fingerprint density at radius 3 is 2.76 bits per heavy atom. The van der Waals surface area contributed by atoms with Gasteiger partial charge in [0.1, 0.15) is 16.5 Å². The van der Waals surface area contributed by atoms with E-state index in [1.165, 1.54) is 17.8 Å². The minimum Gasteiger partial charge on any atom is -0.494 e. The third-order valence-corrected chi connectivity index (χ3v) is 4.71. The highest BCUT2D eigenvalue weighted by atomic mass is 35.5. The number of aromatic nitrogens is 1. The van der Waals surface area contributed by atoms with Crippen LogP contribution in [0.2, 0.25) is 0 Å². The first-order valence-corrected chi connectivity index (χ1v) is 8.84. The number of benzene rings is 1. The Morgan fingerprint density at radius 1 is 1.36 bits per heavy atom. The summed E-state index contributed by atoms with van der Waals surface area (Å²) in [6, 6.07) is 8.17. The fourth-order valence-corrected chi connectivity index (χ4v) is 3.41. The van der Waals surface area contributed by atoms with Gasteiger partial charge >= 0.3 is 0 Å². The molecule has 25 heavy (non-hydrogen) atoms. The summed E-state index contributed by atoms with van der Waals surface area (Å²) in [5.74, 6) is 0.738. The monoisotopic (exact) mass is 403 g/mol. The van der Waals surface area contributed by atoms with E-state index < -0.39 is 0 Å². The summed E-state index contributed by atoms with van der Waals surface area (Å²) in [7, 11) is 0. The number of carbonyl (C=O) groups is 1. The predicted octanol–water partition coefficient (Wildman–Crippen LogP) is 3.53. The van der Waals surface area contributed by atoms with Gasteiger partial charge in [0, 0.05) is 23.5 Å². The van der Waals surface area contributed by atoms with Crippen molar-refractivity contribution in [2.45, 2.75) is 25.8 Å². The summed E-state index contributed by atoms with van der Waals surface area (Å²) >= 11 is 1.48. The topological polar surface area (TPSA) is 63.2 Å². The predicted molar refractivity (Wildman–Crippen MR) is 107 cm³/mol. The number of carbonyl (C=O) groups excluding carboxylic acids is 1. The van der Waals surface area contributed by atoms with Gasteiger partial charge in [0.05, 0.1) is 6.61 Å². The molecule has 1 aromatic carbocycles. The van der Waals surface area contributed by atoms with Gasteiger partial charge in [0.15, 0.2) is 0 Å². The van der Waals surface area contributed by atoms with E-state index in [1.54, 1.807) is 0 Å². The average molecular weight is 404 g/mol. The van der Waals surface area contributed by atoms with Gasteiger partial charge in [0.25, 0.3) is 5.91 Å². The lowest BCUT2D eigenvalue weighted by molar-refractivity contribution is 0.0946. The molecule has 1 aliphatic rings. The van der Waals surface area contributed by atoms with Gasteiger partial charge in [-0.05, 0) is 50.6 Å². The summed E-state index contributed by atoms with van der Waals surface area (Å²) in [5, 5.41) is 8.97. The standard InChI is InChI=1S/C17H21N3O2S.2ClH/c1-2-22-14-7-5-12(6-8-14)17-20-15(11-23-17)16(21)19-10-13-4-3-9-18-13;;/h5-8,11,13,18H,2-4,9-10H2,1H3,(H,19,21);2*1H. The average Bonchev–Trinajstić information content (AvgIpc) is 3.25. The first-order valence-electron chi connectivity index (χ1n) is 7.96. The Hall–Kier alpha value is -1.34. The molecule has 3 rings (SSSR count). The molecule has 0 radical (unpaired) electrons. The molecule has 0 spiro atoms. The molecule has 5 nitrogen and oxygen atoms in total. The maximum absolute atomic E-state index is 12.2. The maximum atomic E-state index is 12.2. The normalized spacial score (nSPS) is 15.8. The molecule has 8 heteroatoms. The number of thiazole rings is 1. The molecule has 2 heterocycles. The van der Waals surface area contributed by atoms with Gasteiger partial charge in [-0.3, -0.25) is 4.79 Å². The molecule has 0 bridgehead atoms. The summed E-state index contributed by atoms with van der Waals surface area (Å²) in [6.07, 6.45) is 2.30. The fourth-order valence-electron chi connectivity index (χ4n) is 2.61. The lowest BCUT2D eigenvalue weighted by Gasteiger charge is -2.10. The van der Waals surface area contributed by atoms with Crippen molar-refractivity contribution in [2.24, 2.45) is 0 Å². The Morgan fingerprint density at radius 2 is 2.12 bits per heavy atom. The largest absolute Gasteiger partial charge is 0.494 e. The summed E-state index contributed by atoms with van der Waals surface area (Å²) in [6.45, 7) is 4.31. The van der Waals surface area contributed by atoms with E-state index >= 15 is 0 Å². The van der Waals surface area contributed by atoms with Crippen molar-refractivity contribution in [2.75, 3.05) is 19.7 Å². The van der Waals surface area contributed by atoms with E-state index in [0.29, 0.717) is 24.9 Å². The van der Waals surface area contributed by atoms with Crippen LogP contribution in [0.5, 0.6) is 5.75 Å². The first kappa shape index (κ1) is 21.7. The van der Waals surface area contributed by atoms with Crippen LogP contribution >= 0.6 is 36.2 Å². The summed E-state index contributed by atoms with van der Waals surface area (Å²) < 4.78 is 5.43. The van der Waals surface area contributed by atoms with E-state index in [4.69, 9.17) is 4.74 Å². The van der Waals surface area contributed by atoms with Crippen LogP contribution in [-0.4, -0.2) is 36.6 Å². The second-order valence-electron chi connectivity index (χ2n) is 5.50. The summed E-state index contributed by atoms with van der Waals surface area (Å²) in [4.78, 5) is 16.6. The van der Waals surface area contributed by atoms with Gasteiger partial charge in [-0.25, -0.2) is 4.98 Å². The second-order valence-corrected chi connectivity index (χ2v) is 6.36.